The molecule has 2 aliphatic rings. The van der Waals surface area contributed by atoms with Gasteiger partial charge in [0.25, 0.3) is 0 Å². The second kappa shape index (κ2) is 4.79. The van der Waals surface area contributed by atoms with Gasteiger partial charge in [-0.25, -0.2) is 0 Å². The molecule has 0 aromatic heterocycles. The molecule has 1 N–H and O–H groups in total. The number of likely N-dealkylation sites (tertiary alicyclic amines) is 1. The molecule has 2 fully saturated rings. The Kier molecular flexibility index (Phi) is 3.17. The molecule has 2 heteroatoms. The maximum Gasteiger partial charge on any atom is 0.00962 e. The van der Waals surface area contributed by atoms with E-state index in [2.05, 4.69) is 41.5 Å². The zero-order chi connectivity index (χ0) is 11.7. The van der Waals surface area contributed by atoms with E-state index in [1.54, 1.807) is 11.1 Å². The molecule has 0 spiro atoms. The van der Waals surface area contributed by atoms with Crippen molar-refractivity contribution in [2.75, 3.05) is 33.2 Å². The summed E-state index contributed by atoms with van der Waals surface area (Å²) in [6.07, 6.45) is 2.68. The van der Waals surface area contributed by atoms with Gasteiger partial charge in [0.05, 0.1) is 0 Å². The summed E-state index contributed by atoms with van der Waals surface area (Å²) in [6.45, 7) is 4.83. The molecule has 2 saturated heterocycles. The molecule has 3 rings (SSSR count). The average Bonchev–Trinajstić information content (AvgIpc) is 2.36. The van der Waals surface area contributed by atoms with Gasteiger partial charge in [0.2, 0.25) is 0 Å². The van der Waals surface area contributed by atoms with Gasteiger partial charge in [0.15, 0.2) is 0 Å². The lowest BCUT2D eigenvalue weighted by atomic mass is 9.81. The summed E-state index contributed by atoms with van der Waals surface area (Å²) in [5.41, 5.74) is 3.22. The molecular weight excluding hydrogens is 208 g/mol. The molecule has 17 heavy (non-hydrogen) atoms. The normalized spacial score (nSPS) is 26.8. The summed E-state index contributed by atoms with van der Waals surface area (Å²) in [5.74, 6) is 1.52. The van der Waals surface area contributed by atoms with Crippen LogP contribution in [0.2, 0.25) is 0 Å². The van der Waals surface area contributed by atoms with Gasteiger partial charge in [-0.15, -0.1) is 0 Å². The lowest BCUT2D eigenvalue weighted by Gasteiger charge is -2.39. The average molecular weight is 230 g/mol. The summed E-state index contributed by atoms with van der Waals surface area (Å²) in [6, 6.07) is 9.11. The van der Waals surface area contributed by atoms with Gasteiger partial charge in [-0.2, -0.15) is 0 Å². The second-order valence-corrected chi connectivity index (χ2v) is 5.59. The lowest BCUT2D eigenvalue weighted by molar-refractivity contribution is 0.188. The minimum Gasteiger partial charge on any atom is -0.316 e. The van der Waals surface area contributed by atoms with Crippen LogP contribution in [0.25, 0.3) is 0 Å². The van der Waals surface area contributed by atoms with Gasteiger partial charge in [-0.05, 0) is 43.5 Å². The van der Waals surface area contributed by atoms with Crippen LogP contribution < -0.4 is 5.32 Å². The van der Waals surface area contributed by atoms with Crippen LogP contribution in [-0.4, -0.2) is 38.1 Å². The molecule has 0 aliphatic carbocycles. The van der Waals surface area contributed by atoms with Gasteiger partial charge in [-0.1, -0.05) is 24.3 Å². The standard InChI is InChI=1S/C15H22N2/c1-17-10-13(11-17)15-7-3-2-6-14(15)12-5-4-8-16-9-12/h2-3,6-7,12-13,16H,4-5,8-11H2,1H3. The molecule has 0 radical (unpaired) electrons. The van der Waals surface area contributed by atoms with E-state index in [9.17, 15) is 0 Å². The Morgan fingerprint density at radius 2 is 1.82 bits per heavy atom. The number of hydrogen-bond acceptors (Lipinski definition) is 2. The number of rotatable bonds is 2. The highest BCUT2D eigenvalue weighted by atomic mass is 15.2. The van der Waals surface area contributed by atoms with E-state index in [0.29, 0.717) is 0 Å². The van der Waals surface area contributed by atoms with E-state index < -0.39 is 0 Å². The molecule has 1 aromatic rings. The summed E-state index contributed by atoms with van der Waals surface area (Å²) in [7, 11) is 2.21. The number of nitrogens with zero attached hydrogens (tertiary/aromatic N) is 1. The Hall–Kier alpha value is -0.860. The largest absolute Gasteiger partial charge is 0.316 e. The Labute approximate surface area is 104 Å². The van der Waals surface area contributed by atoms with Gasteiger partial charge in [-0.3, -0.25) is 0 Å². The fraction of sp³-hybridized carbons (Fsp3) is 0.600. The summed E-state index contributed by atoms with van der Waals surface area (Å²) in [5, 5.41) is 3.53. The fourth-order valence-corrected chi connectivity index (χ4v) is 3.27. The molecule has 1 atom stereocenters. The quantitative estimate of drug-likeness (QED) is 0.838. The third kappa shape index (κ3) is 2.24. The van der Waals surface area contributed by atoms with Crippen molar-refractivity contribution < 1.29 is 0 Å². The van der Waals surface area contributed by atoms with Crippen LogP contribution in [0.4, 0.5) is 0 Å². The van der Waals surface area contributed by atoms with Crippen LogP contribution in [0.15, 0.2) is 24.3 Å². The molecule has 1 aromatic carbocycles. The van der Waals surface area contributed by atoms with E-state index >= 15 is 0 Å². The Morgan fingerprint density at radius 1 is 1.12 bits per heavy atom. The van der Waals surface area contributed by atoms with Gasteiger partial charge >= 0.3 is 0 Å². The summed E-state index contributed by atoms with van der Waals surface area (Å²) < 4.78 is 0. The first-order valence-electron chi connectivity index (χ1n) is 6.82. The molecule has 2 nitrogen and oxygen atoms in total. The number of benzene rings is 1. The van der Waals surface area contributed by atoms with Crippen LogP contribution >= 0.6 is 0 Å². The fourth-order valence-electron chi connectivity index (χ4n) is 3.27. The highest BCUT2D eigenvalue weighted by Crippen LogP contribution is 2.34. The van der Waals surface area contributed by atoms with Crippen molar-refractivity contribution in [2.45, 2.75) is 24.7 Å². The Bertz CT molecular complexity index is 376. The van der Waals surface area contributed by atoms with E-state index in [1.807, 2.05) is 0 Å². The molecule has 0 bridgehead atoms. The van der Waals surface area contributed by atoms with Crippen LogP contribution in [-0.2, 0) is 0 Å². The lowest BCUT2D eigenvalue weighted by Crippen LogP contribution is -2.42. The number of nitrogens with one attached hydrogen (secondary N) is 1. The van der Waals surface area contributed by atoms with Crippen molar-refractivity contribution >= 4 is 0 Å². The van der Waals surface area contributed by atoms with Crippen molar-refractivity contribution in [3.63, 3.8) is 0 Å². The number of likely N-dealkylation sites (N-methyl/N-ethyl adjacent to an activating group) is 1. The Morgan fingerprint density at radius 3 is 2.41 bits per heavy atom. The predicted octanol–water partition coefficient (Wildman–Crippen LogP) is 2.18. The topological polar surface area (TPSA) is 15.3 Å². The van der Waals surface area contributed by atoms with Crippen molar-refractivity contribution in [1.29, 1.82) is 0 Å². The second-order valence-electron chi connectivity index (χ2n) is 5.59. The third-order valence-electron chi connectivity index (χ3n) is 4.24. The smallest absolute Gasteiger partial charge is 0.00962 e. The third-order valence-corrected chi connectivity index (χ3v) is 4.24. The van der Waals surface area contributed by atoms with E-state index in [-0.39, 0.29) is 0 Å². The van der Waals surface area contributed by atoms with E-state index in [4.69, 9.17) is 0 Å². The zero-order valence-corrected chi connectivity index (χ0v) is 10.7. The molecule has 2 heterocycles. The van der Waals surface area contributed by atoms with Gasteiger partial charge < -0.3 is 10.2 Å². The van der Waals surface area contributed by atoms with E-state index in [0.717, 1.165) is 11.8 Å². The van der Waals surface area contributed by atoms with E-state index in [1.165, 1.54) is 39.0 Å². The van der Waals surface area contributed by atoms with Crippen LogP contribution in [0.1, 0.15) is 35.8 Å². The van der Waals surface area contributed by atoms with Crippen molar-refractivity contribution in [2.24, 2.45) is 0 Å². The molecule has 0 saturated carbocycles. The van der Waals surface area contributed by atoms with Crippen LogP contribution in [0.5, 0.6) is 0 Å². The van der Waals surface area contributed by atoms with Crippen molar-refractivity contribution in [1.82, 2.24) is 10.2 Å². The number of hydrogen-bond donors (Lipinski definition) is 1. The monoisotopic (exact) mass is 230 g/mol. The maximum atomic E-state index is 3.53. The molecular formula is C15H22N2. The Balaban J connectivity index is 1.82. The molecule has 1 unspecified atom stereocenters. The van der Waals surface area contributed by atoms with Crippen LogP contribution in [0, 0.1) is 0 Å². The minimum atomic E-state index is 0.742. The first-order chi connectivity index (χ1) is 8.34. The first kappa shape index (κ1) is 11.2. The number of piperidine rings is 1. The summed E-state index contributed by atoms with van der Waals surface area (Å²) >= 11 is 0. The van der Waals surface area contributed by atoms with Crippen LogP contribution in [0.3, 0.4) is 0 Å². The van der Waals surface area contributed by atoms with Gasteiger partial charge in [0, 0.05) is 25.6 Å². The molecule has 92 valence electrons. The maximum absolute atomic E-state index is 3.53. The highest BCUT2D eigenvalue weighted by molar-refractivity contribution is 5.35. The summed E-state index contributed by atoms with van der Waals surface area (Å²) in [4.78, 5) is 2.40. The van der Waals surface area contributed by atoms with Gasteiger partial charge in [0.1, 0.15) is 0 Å². The predicted molar refractivity (Wildman–Crippen MR) is 71.5 cm³/mol. The minimum absolute atomic E-state index is 0.742. The SMILES string of the molecule is CN1CC(c2ccccc2C2CCCNC2)C1. The van der Waals surface area contributed by atoms with Crippen molar-refractivity contribution in [3.8, 4) is 0 Å². The van der Waals surface area contributed by atoms with Crippen molar-refractivity contribution in [3.05, 3.63) is 35.4 Å². The molecule has 2 aliphatic heterocycles. The molecule has 0 amide bonds. The zero-order valence-electron chi connectivity index (χ0n) is 10.7. The highest BCUT2D eigenvalue weighted by Gasteiger charge is 2.28. The first-order valence-corrected chi connectivity index (χ1v) is 6.82.